The molecule has 3 amide bonds. The Hall–Kier alpha value is -3.49. The van der Waals surface area contributed by atoms with E-state index < -0.39 is 29.3 Å². The minimum atomic E-state index is -0.922. The number of imide groups is 1. The van der Waals surface area contributed by atoms with Gasteiger partial charge in [-0.25, -0.2) is 9.18 Å². The summed E-state index contributed by atoms with van der Waals surface area (Å²) in [7, 11) is 0. The highest BCUT2D eigenvalue weighted by atomic mass is 19.1. The SMILES string of the molecule is Cc1c(OCC(=O)NC(=O)Nc2ccccc2F)cccc1[N+](=O)[O-]. The Bertz CT molecular complexity index is 825. The second-order valence-electron chi connectivity index (χ2n) is 4.93. The number of ether oxygens (including phenoxy) is 1. The molecule has 9 heteroatoms. The van der Waals surface area contributed by atoms with Gasteiger partial charge < -0.3 is 10.1 Å². The van der Waals surface area contributed by atoms with Crippen LogP contribution in [0.25, 0.3) is 0 Å². The lowest BCUT2D eigenvalue weighted by molar-refractivity contribution is -0.385. The molecule has 8 nitrogen and oxygen atoms in total. The Morgan fingerprint density at radius 2 is 1.92 bits per heavy atom. The van der Waals surface area contributed by atoms with Crippen molar-refractivity contribution >= 4 is 23.3 Å². The van der Waals surface area contributed by atoms with Gasteiger partial charge in [-0.2, -0.15) is 0 Å². The third-order valence-corrected chi connectivity index (χ3v) is 3.19. The normalized spacial score (nSPS) is 10.0. The van der Waals surface area contributed by atoms with E-state index in [1.54, 1.807) is 0 Å². The van der Waals surface area contributed by atoms with Gasteiger partial charge in [-0.1, -0.05) is 18.2 Å². The molecule has 2 aromatic rings. The van der Waals surface area contributed by atoms with Gasteiger partial charge in [0.2, 0.25) is 0 Å². The Labute approximate surface area is 141 Å². The van der Waals surface area contributed by atoms with Crippen LogP contribution in [0.1, 0.15) is 5.56 Å². The lowest BCUT2D eigenvalue weighted by Gasteiger charge is -2.10. The minimum Gasteiger partial charge on any atom is -0.483 e. The number of amides is 3. The van der Waals surface area contributed by atoms with Gasteiger partial charge in [0, 0.05) is 6.07 Å². The maximum atomic E-state index is 13.4. The molecule has 2 rings (SSSR count). The van der Waals surface area contributed by atoms with Crippen LogP contribution < -0.4 is 15.4 Å². The average Bonchev–Trinajstić information content (AvgIpc) is 2.55. The average molecular weight is 347 g/mol. The summed E-state index contributed by atoms with van der Waals surface area (Å²) >= 11 is 0. The number of anilines is 1. The molecule has 25 heavy (non-hydrogen) atoms. The summed E-state index contributed by atoms with van der Waals surface area (Å²) in [4.78, 5) is 33.6. The van der Waals surface area contributed by atoms with Crippen LogP contribution in [0.2, 0.25) is 0 Å². The first kappa shape index (κ1) is 17.9. The molecular weight excluding hydrogens is 333 g/mol. The molecule has 0 spiro atoms. The van der Waals surface area contributed by atoms with E-state index in [4.69, 9.17) is 4.74 Å². The molecule has 0 aliphatic heterocycles. The van der Waals surface area contributed by atoms with Crippen molar-refractivity contribution in [3.8, 4) is 5.75 Å². The van der Waals surface area contributed by atoms with E-state index in [0.717, 1.165) is 6.07 Å². The highest BCUT2D eigenvalue weighted by molar-refractivity contribution is 6.01. The smallest absolute Gasteiger partial charge is 0.326 e. The Balaban J connectivity index is 1.91. The number of nitro groups is 1. The van der Waals surface area contributed by atoms with Gasteiger partial charge in [-0.3, -0.25) is 20.2 Å². The standard InChI is InChI=1S/C16H14FN3O5/c1-10-13(20(23)24)7-4-8-14(10)25-9-15(21)19-16(22)18-12-6-3-2-5-11(12)17/h2-8H,9H2,1H3,(H2,18,19,21,22). The predicted molar refractivity (Wildman–Crippen MR) is 86.9 cm³/mol. The fourth-order valence-electron chi connectivity index (χ4n) is 1.98. The molecule has 2 aromatic carbocycles. The van der Waals surface area contributed by atoms with Crippen LogP contribution in [-0.4, -0.2) is 23.5 Å². The lowest BCUT2D eigenvalue weighted by atomic mass is 10.2. The van der Waals surface area contributed by atoms with Gasteiger partial charge in [0.15, 0.2) is 6.61 Å². The van der Waals surface area contributed by atoms with Gasteiger partial charge in [-0.15, -0.1) is 0 Å². The van der Waals surface area contributed by atoms with Crippen LogP contribution in [0.5, 0.6) is 5.75 Å². The number of hydrogen-bond donors (Lipinski definition) is 2. The molecule has 0 radical (unpaired) electrons. The van der Waals surface area contributed by atoms with Crippen LogP contribution in [0, 0.1) is 22.9 Å². The van der Waals surface area contributed by atoms with E-state index in [2.05, 4.69) is 5.32 Å². The van der Waals surface area contributed by atoms with E-state index in [1.165, 1.54) is 43.3 Å². The summed E-state index contributed by atoms with van der Waals surface area (Å²) in [5.41, 5.74) is 0.0366. The van der Waals surface area contributed by atoms with Crippen molar-refractivity contribution in [2.24, 2.45) is 0 Å². The Morgan fingerprint density at radius 1 is 1.20 bits per heavy atom. The number of nitrogens with zero attached hydrogens (tertiary/aromatic N) is 1. The summed E-state index contributed by atoms with van der Waals surface area (Å²) in [6, 6.07) is 8.75. The molecule has 0 bridgehead atoms. The van der Waals surface area contributed by atoms with E-state index in [9.17, 15) is 24.1 Å². The van der Waals surface area contributed by atoms with Crippen LogP contribution in [0.3, 0.4) is 0 Å². The predicted octanol–water partition coefficient (Wildman–Crippen LogP) is 2.77. The summed E-state index contributed by atoms with van der Waals surface area (Å²) in [5.74, 6) is -1.29. The second-order valence-corrected chi connectivity index (χ2v) is 4.93. The molecule has 0 atom stereocenters. The topological polar surface area (TPSA) is 111 Å². The monoisotopic (exact) mass is 347 g/mol. The summed E-state index contributed by atoms with van der Waals surface area (Å²) in [6.07, 6.45) is 0. The summed E-state index contributed by atoms with van der Waals surface area (Å²) in [5, 5.41) is 15.0. The number of carbonyl (C=O) groups excluding carboxylic acids is 2. The Kier molecular flexibility index (Phi) is 5.62. The van der Waals surface area contributed by atoms with Crippen molar-refractivity contribution in [2.75, 3.05) is 11.9 Å². The van der Waals surface area contributed by atoms with Gasteiger partial charge in [0.05, 0.1) is 16.2 Å². The zero-order valence-corrected chi connectivity index (χ0v) is 13.1. The van der Waals surface area contributed by atoms with Crippen molar-refractivity contribution in [2.45, 2.75) is 6.92 Å². The van der Waals surface area contributed by atoms with Crippen molar-refractivity contribution in [3.05, 3.63) is 64.0 Å². The molecule has 0 unspecified atom stereocenters. The maximum Gasteiger partial charge on any atom is 0.326 e. The zero-order valence-electron chi connectivity index (χ0n) is 13.1. The lowest BCUT2D eigenvalue weighted by Crippen LogP contribution is -2.37. The number of nitrogens with one attached hydrogen (secondary N) is 2. The van der Waals surface area contributed by atoms with Crippen LogP contribution in [0.4, 0.5) is 20.6 Å². The largest absolute Gasteiger partial charge is 0.483 e. The van der Waals surface area contributed by atoms with Gasteiger partial charge >= 0.3 is 6.03 Å². The first-order valence-electron chi connectivity index (χ1n) is 7.10. The number of hydrogen-bond acceptors (Lipinski definition) is 5. The van der Waals surface area contributed by atoms with Crippen molar-refractivity contribution in [3.63, 3.8) is 0 Å². The van der Waals surface area contributed by atoms with Gasteiger partial charge in [-0.05, 0) is 25.1 Å². The molecule has 0 fully saturated rings. The number of para-hydroxylation sites is 1. The first-order chi connectivity index (χ1) is 11.9. The molecule has 0 aliphatic rings. The van der Waals surface area contributed by atoms with E-state index in [-0.39, 0.29) is 22.7 Å². The van der Waals surface area contributed by atoms with Crippen molar-refractivity contribution in [1.82, 2.24) is 5.32 Å². The molecule has 0 aromatic heterocycles. The quantitative estimate of drug-likeness (QED) is 0.638. The molecular formula is C16H14FN3O5. The second kappa shape index (κ2) is 7.86. The third kappa shape index (κ3) is 4.74. The highest BCUT2D eigenvalue weighted by Gasteiger charge is 2.16. The molecule has 2 N–H and O–H groups in total. The maximum absolute atomic E-state index is 13.4. The molecule has 0 aliphatic carbocycles. The third-order valence-electron chi connectivity index (χ3n) is 3.19. The van der Waals surface area contributed by atoms with Gasteiger partial charge in [0.25, 0.3) is 11.6 Å². The molecule has 0 heterocycles. The zero-order chi connectivity index (χ0) is 18.4. The Morgan fingerprint density at radius 3 is 2.60 bits per heavy atom. The van der Waals surface area contributed by atoms with Gasteiger partial charge in [0.1, 0.15) is 11.6 Å². The summed E-state index contributed by atoms with van der Waals surface area (Å²) in [6.45, 7) is 0.947. The number of benzene rings is 2. The van der Waals surface area contributed by atoms with E-state index in [1.807, 2.05) is 5.32 Å². The van der Waals surface area contributed by atoms with Crippen LogP contribution in [0.15, 0.2) is 42.5 Å². The van der Waals surface area contributed by atoms with Crippen LogP contribution in [-0.2, 0) is 4.79 Å². The number of halogens is 1. The molecule has 130 valence electrons. The molecule has 0 saturated carbocycles. The van der Waals surface area contributed by atoms with Crippen molar-refractivity contribution < 1.29 is 23.6 Å². The van der Waals surface area contributed by atoms with Crippen LogP contribution >= 0.6 is 0 Å². The number of nitro benzene ring substituents is 1. The highest BCUT2D eigenvalue weighted by Crippen LogP contribution is 2.26. The van der Waals surface area contributed by atoms with E-state index >= 15 is 0 Å². The fraction of sp³-hybridized carbons (Fsp3) is 0.125. The van der Waals surface area contributed by atoms with Crippen molar-refractivity contribution in [1.29, 1.82) is 0 Å². The first-order valence-corrected chi connectivity index (χ1v) is 7.10. The summed E-state index contributed by atoms with van der Waals surface area (Å²) < 4.78 is 18.6. The minimum absolute atomic E-state index is 0.0803. The fourth-order valence-corrected chi connectivity index (χ4v) is 1.98. The number of rotatable bonds is 5. The molecule has 0 saturated heterocycles. The van der Waals surface area contributed by atoms with E-state index in [0.29, 0.717) is 0 Å². The number of urea groups is 1. The number of carbonyl (C=O) groups is 2.